The van der Waals surface area contributed by atoms with Gasteiger partial charge in [-0.2, -0.15) is 4.31 Å². The van der Waals surface area contributed by atoms with Crippen molar-refractivity contribution in [3.05, 3.63) is 26.6 Å². The van der Waals surface area contributed by atoms with Gasteiger partial charge < -0.3 is 0 Å². The molecule has 0 bridgehead atoms. The quantitative estimate of drug-likeness (QED) is 0.656. The van der Waals surface area contributed by atoms with E-state index in [-0.39, 0.29) is 12.0 Å². The third kappa shape index (κ3) is 2.95. The van der Waals surface area contributed by atoms with E-state index in [9.17, 15) is 8.42 Å². The van der Waals surface area contributed by atoms with Gasteiger partial charge in [0.05, 0.1) is 4.90 Å². The molecule has 20 heavy (non-hydrogen) atoms. The summed E-state index contributed by atoms with van der Waals surface area (Å²) in [6.07, 6.45) is 0.848. The molecule has 0 spiro atoms. The second-order valence-electron chi connectivity index (χ2n) is 5.14. The minimum absolute atomic E-state index is 0.131. The largest absolute Gasteiger partial charge is 0.244 e. The summed E-state index contributed by atoms with van der Waals surface area (Å²) in [4.78, 5) is 0.291. The fourth-order valence-corrected chi connectivity index (χ4v) is 6.38. The Hall–Kier alpha value is 0.380. The molecule has 2 unspecified atom stereocenters. The number of alkyl halides is 1. The van der Waals surface area contributed by atoms with Crippen LogP contribution in [0.3, 0.4) is 0 Å². The van der Waals surface area contributed by atoms with Crippen molar-refractivity contribution in [3.63, 3.8) is 0 Å². The Balaban J connectivity index is 2.48. The molecule has 1 heterocycles. The van der Waals surface area contributed by atoms with Crippen molar-refractivity contribution in [2.75, 3.05) is 12.4 Å². The van der Waals surface area contributed by atoms with Gasteiger partial charge in [-0.1, -0.05) is 22.9 Å². The molecular formula is C13H16Br2ClNO2S. The van der Waals surface area contributed by atoms with E-state index >= 15 is 0 Å². The molecule has 3 nitrogen and oxygen atoms in total. The van der Waals surface area contributed by atoms with Gasteiger partial charge in [-0.05, 0) is 52.9 Å². The number of hydrogen-bond acceptors (Lipinski definition) is 2. The first-order chi connectivity index (χ1) is 9.28. The average molecular weight is 446 g/mol. The van der Waals surface area contributed by atoms with Crippen molar-refractivity contribution < 1.29 is 8.42 Å². The maximum atomic E-state index is 12.9. The lowest BCUT2D eigenvalue weighted by Crippen LogP contribution is -2.38. The highest BCUT2D eigenvalue weighted by Crippen LogP contribution is 2.35. The van der Waals surface area contributed by atoms with E-state index in [0.29, 0.717) is 21.8 Å². The van der Waals surface area contributed by atoms with Crippen molar-refractivity contribution >= 4 is 53.5 Å². The van der Waals surface area contributed by atoms with Crippen molar-refractivity contribution in [1.82, 2.24) is 4.31 Å². The van der Waals surface area contributed by atoms with Gasteiger partial charge in [0, 0.05) is 27.4 Å². The molecular weight excluding hydrogens is 429 g/mol. The third-order valence-electron chi connectivity index (χ3n) is 3.79. The first-order valence-corrected chi connectivity index (χ1v) is 9.88. The standard InChI is InChI=1S/C13H16Br2ClNO2S/c1-8-3-4-17(12(8)7-16)20(18,19)13-6-10(14)9(2)5-11(13)15/h5-6,8,12H,3-4,7H2,1-2H3. The van der Waals surface area contributed by atoms with Crippen molar-refractivity contribution in [2.45, 2.75) is 31.2 Å². The fraction of sp³-hybridized carbons (Fsp3) is 0.538. The Kier molecular flexibility index (Phi) is 5.23. The van der Waals surface area contributed by atoms with Gasteiger partial charge in [0.15, 0.2) is 0 Å². The minimum atomic E-state index is -3.53. The molecule has 1 aromatic rings. The topological polar surface area (TPSA) is 37.4 Å². The molecule has 2 atom stereocenters. The summed E-state index contributed by atoms with van der Waals surface area (Å²) in [5, 5.41) is 0. The number of aryl methyl sites for hydroxylation is 1. The van der Waals surface area contributed by atoms with E-state index in [1.807, 2.05) is 19.9 Å². The SMILES string of the molecule is Cc1cc(Br)c(S(=O)(=O)N2CCC(C)C2CCl)cc1Br. The summed E-state index contributed by atoms with van der Waals surface area (Å²) in [6, 6.07) is 3.34. The van der Waals surface area contributed by atoms with E-state index in [4.69, 9.17) is 11.6 Å². The molecule has 7 heteroatoms. The molecule has 1 fully saturated rings. The summed E-state index contributed by atoms with van der Waals surface area (Å²) in [5.74, 6) is 0.611. The smallest absolute Gasteiger partial charge is 0.207 e. The number of halogens is 3. The molecule has 0 amide bonds. The second-order valence-corrected chi connectivity index (χ2v) is 9.01. The van der Waals surface area contributed by atoms with Crippen LogP contribution in [0.1, 0.15) is 18.9 Å². The van der Waals surface area contributed by atoms with Crippen LogP contribution in [-0.4, -0.2) is 31.2 Å². The number of rotatable bonds is 3. The molecule has 2 rings (SSSR count). The van der Waals surface area contributed by atoms with Gasteiger partial charge in [-0.25, -0.2) is 8.42 Å². The van der Waals surface area contributed by atoms with E-state index in [1.165, 1.54) is 4.31 Å². The molecule has 0 aromatic heterocycles. The Morgan fingerprint density at radius 2 is 2.00 bits per heavy atom. The highest BCUT2D eigenvalue weighted by molar-refractivity contribution is 9.11. The van der Waals surface area contributed by atoms with E-state index in [1.54, 1.807) is 6.07 Å². The van der Waals surface area contributed by atoms with Gasteiger partial charge in [0.25, 0.3) is 0 Å². The predicted octanol–water partition coefficient (Wildman–Crippen LogP) is 4.16. The Bertz CT molecular complexity index is 621. The number of nitrogens with zero attached hydrogens (tertiary/aromatic N) is 1. The van der Waals surface area contributed by atoms with Crippen LogP contribution in [0, 0.1) is 12.8 Å². The predicted molar refractivity (Wildman–Crippen MR) is 88.8 cm³/mol. The first kappa shape index (κ1) is 16.7. The van der Waals surface area contributed by atoms with Crippen LogP contribution in [-0.2, 0) is 10.0 Å². The molecule has 0 N–H and O–H groups in total. The fourth-order valence-electron chi connectivity index (χ4n) is 2.45. The van der Waals surface area contributed by atoms with E-state index in [0.717, 1.165) is 16.5 Å². The molecule has 0 radical (unpaired) electrons. The normalized spacial score (nSPS) is 24.2. The maximum Gasteiger partial charge on any atom is 0.244 e. The van der Waals surface area contributed by atoms with Crippen LogP contribution in [0.4, 0.5) is 0 Å². The van der Waals surface area contributed by atoms with E-state index in [2.05, 4.69) is 31.9 Å². The van der Waals surface area contributed by atoms with Crippen LogP contribution in [0.25, 0.3) is 0 Å². The lowest BCUT2D eigenvalue weighted by molar-refractivity contribution is 0.375. The summed E-state index contributed by atoms with van der Waals surface area (Å²) in [5.41, 5.74) is 0.986. The summed E-state index contributed by atoms with van der Waals surface area (Å²) >= 11 is 12.7. The Labute approximate surface area is 142 Å². The minimum Gasteiger partial charge on any atom is -0.207 e. The molecule has 1 aromatic carbocycles. The average Bonchev–Trinajstić information content (AvgIpc) is 2.75. The van der Waals surface area contributed by atoms with Gasteiger partial charge in [0.2, 0.25) is 10.0 Å². The molecule has 112 valence electrons. The van der Waals surface area contributed by atoms with Crippen molar-refractivity contribution in [2.24, 2.45) is 5.92 Å². The maximum absolute atomic E-state index is 12.9. The van der Waals surface area contributed by atoms with Gasteiger partial charge in [-0.15, -0.1) is 11.6 Å². The van der Waals surface area contributed by atoms with Crippen LogP contribution in [0.5, 0.6) is 0 Å². The van der Waals surface area contributed by atoms with Crippen LogP contribution in [0.2, 0.25) is 0 Å². The molecule has 0 aliphatic carbocycles. The molecule has 1 saturated heterocycles. The zero-order valence-corrected chi connectivity index (χ0v) is 16.0. The highest BCUT2D eigenvalue weighted by atomic mass is 79.9. The van der Waals surface area contributed by atoms with Crippen LogP contribution < -0.4 is 0 Å². The zero-order valence-electron chi connectivity index (χ0n) is 11.2. The second kappa shape index (κ2) is 6.24. The van der Waals surface area contributed by atoms with Crippen LogP contribution in [0.15, 0.2) is 26.0 Å². The lowest BCUT2D eigenvalue weighted by Gasteiger charge is -2.25. The molecule has 1 aliphatic rings. The first-order valence-electron chi connectivity index (χ1n) is 6.32. The molecule has 0 saturated carbocycles. The van der Waals surface area contributed by atoms with Crippen molar-refractivity contribution in [3.8, 4) is 0 Å². The highest BCUT2D eigenvalue weighted by Gasteiger charge is 2.39. The summed E-state index contributed by atoms with van der Waals surface area (Å²) in [6.45, 7) is 4.49. The van der Waals surface area contributed by atoms with Gasteiger partial charge in [-0.3, -0.25) is 0 Å². The zero-order chi connectivity index (χ0) is 15.1. The summed E-state index contributed by atoms with van der Waals surface area (Å²) in [7, 11) is -3.53. The molecule has 1 aliphatic heterocycles. The van der Waals surface area contributed by atoms with Crippen molar-refractivity contribution in [1.29, 1.82) is 0 Å². The van der Waals surface area contributed by atoms with Gasteiger partial charge >= 0.3 is 0 Å². The lowest BCUT2D eigenvalue weighted by atomic mass is 10.1. The van der Waals surface area contributed by atoms with Gasteiger partial charge in [0.1, 0.15) is 0 Å². The summed E-state index contributed by atoms with van der Waals surface area (Å²) < 4.78 is 28.6. The number of hydrogen-bond donors (Lipinski definition) is 0. The van der Waals surface area contributed by atoms with E-state index < -0.39 is 10.0 Å². The third-order valence-corrected chi connectivity index (χ3v) is 7.84. The Morgan fingerprint density at radius 3 is 2.60 bits per heavy atom. The Morgan fingerprint density at radius 1 is 1.35 bits per heavy atom. The number of sulfonamides is 1. The van der Waals surface area contributed by atoms with Crippen LogP contribution >= 0.6 is 43.5 Å². The monoisotopic (exact) mass is 443 g/mol. The number of benzene rings is 1.